The van der Waals surface area contributed by atoms with E-state index in [0.717, 1.165) is 32.2 Å². The van der Waals surface area contributed by atoms with Crippen LogP contribution in [0, 0.1) is 23.5 Å². The number of methoxy groups -OCH3 is 1. The molecular formula is C36H40F3N5O4. The van der Waals surface area contributed by atoms with E-state index in [1.165, 1.54) is 13.2 Å². The van der Waals surface area contributed by atoms with Crippen LogP contribution in [0.15, 0.2) is 30.5 Å². The van der Waals surface area contributed by atoms with Crippen molar-refractivity contribution >= 4 is 27.5 Å². The van der Waals surface area contributed by atoms with Crippen LogP contribution in [-0.2, 0) is 11.2 Å². The number of hydrogen-bond acceptors (Lipinski definition) is 9. The smallest absolute Gasteiger partial charge is 0.319 e. The van der Waals surface area contributed by atoms with E-state index in [1.807, 2.05) is 6.92 Å². The molecule has 3 saturated heterocycles. The molecule has 0 spiro atoms. The van der Waals surface area contributed by atoms with Crippen molar-refractivity contribution in [1.82, 2.24) is 19.9 Å². The number of alkyl halides is 1. The highest BCUT2D eigenvalue weighted by atomic mass is 19.1. The molecule has 2 bridgehead atoms. The number of anilines is 1. The van der Waals surface area contributed by atoms with Crippen LogP contribution < -0.4 is 14.4 Å². The first-order valence-electron chi connectivity index (χ1n) is 16.9. The molecule has 5 atom stereocenters. The molecule has 2 aromatic carbocycles. The van der Waals surface area contributed by atoms with Gasteiger partial charge in [-0.25, -0.2) is 13.2 Å². The summed E-state index contributed by atoms with van der Waals surface area (Å²) in [5, 5.41) is 12.3. The molecule has 254 valence electrons. The Hall–Kier alpha value is -3.74. The summed E-state index contributed by atoms with van der Waals surface area (Å²) in [7, 11) is 1.51. The Balaban J connectivity index is 1.27. The average Bonchev–Trinajstić information content (AvgIpc) is 3.70. The van der Waals surface area contributed by atoms with E-state index >= 15 is 8.78 Å². The Kier molecular flexibility index (Phi) is 8.08. The number of aromatic nitrogens is 3. The van der Waals surface area contributed by atoms with E-state index in [4.69, 9.17) is 19.2 Å². The van der Waals surface area contributed by atoms with Crippen molar-refractivity contribution in [3.63, 3.8) is 0 Å². The van der Waals surface area contributed by atoms with Gasteiger partial charge in [-0.15, -0.1) is 0 Å². The molecule has 4 aliphatic rings. The van der Waals surface area contributed by atoms with Gasteiger partial charge in [0, 0.05) is 50.8 Å². The second-order valence-electron chi connectivity index (χ2n) is 13.9. The molecule has 9 nitrogen and oxygen atoms in total. The Morgan fingerprint density at radius 1 is 1.08 bits per heavy atom. The zero-order chi connectivity index (χ0) is 33.2. The normalized spacial score (nSPS) is 26.9. The van der Waals surface area contributed by atoms with E-state index < -0.39 is 17.5 Å². The van der Waals surface area contributed by atoms with Gasteiger partial charge in [0.1, 0.15) is 41.4 Å². The van der Waals surface area contributed by atoms with E-state index in [-0.39, 0.29) is 48.5 Å². The topological polar surface area (TPSA) is 93.1 Å². The van der Waals surface area contributed by atoms with Crippen molar-refractivity contribution in [2.45, 2.75) is 63.3 Å². The van der Waals surface area contributed by atoms with Crippen LogP contribution in [0.2, 0.25) is 0 Å². The van der Waals surface area contributed by atoms with E-state index in [0.29, 0.717) is 77.2 Å². The van der Waals surface area contributed by atoms with Gasteiger partial charge >= 0.3 is 6.01 Å². The number of aryl methyl sites for hydroxylation is 1. The maximum Gasteiger partial charge on any atom is 0.319 e. The molecule has 12 heteroatoms. The Labute approximate surface area is 277 Å². The van der Waals surface area contributed by atoms with Crippen molar-refractivity contribution < 1.29 is 32.5 Å². The first-order chi connectivity index (χ1) is 23.3. The molecule has 1 saturated carbocycles. The minimum Gasteiger partial charge on any atom is -0.468 e. The molecule has 4 fully saturated rings. The highest BCUT2D eigenvalue weighted by molar-refractivity contribution is 6.01. The number of halogens is 3. The largest absolute Gasteiger partial charge is 0.468 e. The van der Waals surface area contributed by atoms with E-state index in [1.54, 1.807) is 24.4 Å². The Bertz CT molecular complexity index is 1880. The van der Waals surface area contributed by atoms with Crippen molar-refractivity contribution in [2.24, 2.45) is 11.8 Å². The van der Waals surface area contributed by atoms with Gasteiger partial charge in [-0.1, -0.05) is 13.0 Å². The lowest BCUT2D eigenvalue weighted by atomic mass is 9.94. The summed E-state index contributed by atoms with van der Waals surface area (Å²) in [6.07, 6.45) is 4.47. The van der Waals surface area contributed by atoms with Gasteiger partial charge in [0.2, 0.25) is 0 Å². The zero-order valence-electron chi connectivity index (χ0n) is 27.2. The van der Waals surface area contributed by atoms with Crippen molar-refractivity contribution in [1.29, 1.82) is 0 Å². The first kappa shape index (κ1) is 31.5. The molecule has 3 aliphatic heterocycles. The molecule has 0 radical (unpaired) electrons. The number of pyridine rings is 1. The third-order valence-corrected chi connectivity index (χ3v) is 11.0. The van der Waals surface area contributed by atoms with Gasteiger partial charge < -0.3 is 24.2 Å². The SMILES string of the molecule is CCc1c(F)ccc2cc(OCOC)cc(-c3ncc4c(N5C[C@@H]6C[C@H](C5)[C@H](O)C6)nc(OC[C@@]56CCCN5C[C@@H](F)C6)nc4c3F)c12. The second-order valence-corrected chi connectivity index (χ2v) is 13.9. The van der Waals surface area contributed by atoms with Gasteiger partial charge in [-0.05, 0) is 79.1 Å². The quantitative estimate of drug-likeness (QED) is 0.222. The van der Waals surface area contributed by atoms with Gasteiger partial charge in [-0.2, -0.15) is 9.97 Å². The first-order valence-corrected chi connectivity index (χ1v) is 16.9. The number of rotatable bonds is 9. The summed E-state index contributed by atoms with van der Waals surface area (Å²) in [5.74, 6) is 0.219. The third-order valence-electron chi connectivity index (χ3n) is 11.0. The summed E-state index contributed by atoms with van der Waals surface area (Å²) >= 11 is 0. The van der Waals surface area contributed by atoms with Crippen molar-refractivity contribution in [3.05, 3.63) is 47.7 Å². The molecule has 0 amide bonds. The molecule has 2 aromatic heterocycles. The number of aliphatic hydroxyl groups excluding tert-OH is 1. The predicted molar refractivity (Wildman–Crippen MR) is 175 cm³/mol. The van der Waals surface area contributed by atoms with Crippen molar-refractivity contribution in [2.75, 3.05) is 51.6 Å². The standard InChI is InChI=1S/C36H40F3N5O4/c1-3-25-28(38)6-5-21-11-24(48-19-46-2)12-26(30(21)25)32-31(39)33-27(14-40-32)34(43-15-20-9-22(16-43)29(45)10-20)42-35(41-33)47-18-36-7-4-8-44(36)17-23(37)13-36/h5-6,11-12,14,20,22-23,29,45H,3-4,7-10,13,15-19H2,1-2H3/t20-,22-,23+,29-,36+/m1/s1. The number of aliphatic hydroxyl groups is 1. The molecule has 1 aliphatic carbocycles. The van der Waals surface area contributed by atoms with Gasteiger partial charge in [0.25, 0.3) is 0 Å². The molecule has 5 heterocycles. The second kappa shape index (κ2) is 12.3. The molecule has 1 N–H and O–H groups in total. The van der Waals surface area contributed by atoms with Crippen LogP contribution in [0.25, 0.3) is 32.9 Å². The third kappa shape index (κ3) is 5.32. The van der Waals surface area contributed by atoms with Crippen LogP contribution in [0.4, 0.5) is 19.0 Å². The number of benzene rings is 2. The van der Waals surface area contributed by atoms with E-state index in [2.05, 4.69) is 19.8 Å². The lowest BCUT2D eigenvalue weighted by molar-refractivity contribution is 0.0512. The molecule has 0 unspecified atom stereocenters. The fourth-order valence-electron chi connectivity index (χ4n) is 8.80. The van der Waals surface area contributed by atoms with Crippen LogP contribution in [0.1, 0.15) is 44.6 Å². The Morgan fingerprint density at radius 3 is 2.77 bits per heavy atom. The average molecular weight is 664 g/mol. The number of piperidine rings is 1. The summed E-state index contributed by atoms with van der Waals surface area (Å²) in [4.78, 5) is 18.3. The highest BCUT2D eigenvalue weighted by Crippen LogP contribution is 2.44. The molecule has 4 aromatic rings. The Morgan fingerprint density at radius 2 is 1.96 bits per heavy atom. The summed E-state index contributed by atoms with van der Waals surface area (Å²) in [6.45, 7) is 4.46. The summed E-state index contributed by atoms with van der Waals surface area (Å²) < 4.78 is 63.9. The fourth-order valence-corrected chi connectivity index (χ4v) is 8.80. The van der Waals surface area contributed by atoms with Gasteiger partial charge in [-0.3, -0.25) is 9.88 Å². The number of fused-ring (bicyclic) bond motifs is 5. The van der Waals surface area contributed by atoms with Gasteiger partial charge in [0.05, 0.1) is 17.0 Å². The zero-order valence-corrected chi connectivity index (χ0v) is 27.2. The number of hydrogen-bond donors (Lipinski definition) is 1. The lowest BCUT2D eigenvalue weighted by Crippen LogP contribution is -2.43. The predicted octanol–water partition coefficient (Wildman–Crippen LogP) is 5.83. The lowest BCUT2D eigenvalue weighted by Gasteiger charge is -2.34. The highest BCUT2D eigenvalue weighted by Gasteiger charge is 2.49. The molecular weight excluding hydrogens is 623 g/mol. The summed E-state index contributed by atoms with van der Waals surface area (Å²) in [5.41, 5.74) is 0.407. The minimum absolute atomic E-state index is 0.00275. The monoisotopic (exact) mass is 663 g/mol. The van der Waals surface area contributed by atoms with Gasteiger partial charge in [0.15, 0.2) is 12.6 Å². The molecule has 48 heavy (non-hydrogen) atoms. The van der Waals surface area contributed by atoms with Crippen LogP contribution in [0.5, 0.6) is 11.8 Å². The van der Waals surface area contributed by atoms with Crippen LogP contribution in [-0.4, -0.2) is 89.5 Å². The maximum atomic E-state index is 17.1. The van der Waals surface area contributed by atoms with Crippen LogP contribution in [0.3, 0.4) is 0 Å². The minimum atomic E-state index is -0.917. The maximum absolute atomic E-state index is 17.1. The molecule has 8 rings (SSSR count). The fraction of sp³-hybridized carbons (Fsp3) is 0.528. The van der Waals surface area contributed by atoms with E-state index in [9.17, 15) is 9.50 Å². The number of nitrogens with zero attached hydrogens (tertiary/aromatic N) is 5. The summed E-state index contributed by atoms with van der Waals surface area (Å²) in [6, 6.07) is 6.49. The van der Waals surface area contributed by atoms with Crippen LogP contribution >= 0.6 is 0 Å². The van der Waals surface area contributed by atoms with Crippen molar-refractivity contribution in [3.8, 4) is 23.0 Å². The number of ether oxygens (including phenoxy) is 3.